The molecule has 0 N–H and O–H groups in total. The quantitative estimate of drug-likeness (QED) is 0.620. The van der Waals surface area contributed by atoms with Crippen molar-refractivity contribution in [3.63, 3.8) is 0 Å². The third-order valence-corrected chi connectivity index (χ3v) is 3.76. The van der Waals surface area contributed by atoms with Crippen LogP contribution in [0.4, 0.5) is 0 Å². The molecule has 0 heterocycles. The van der Waals surface area contributed by atoms with Crippen LogP contribution in [-0.4, -0.2) is 18.5 Å². The van der Waals surface area contributed by atoms with Crippen molar-refractivity contribution in [1.82, 2.24) is 0 Å². The average Bonchev–Trinajstić information content (AvgIpc) is 2.56. The van der Waals surface area contributed by atoms with Crippen molar-refractivity contribution in [3.05, 3.63) is 59.1 Å². The van der Waals surface area contributed by atoms with Gasteiger partial charge in [0.05, 0.1) is 6.07 Å². The molecule has 22 heavy (non-hydrogen) atoms. The number of hydrogen-bond donors (Lipinski definition) is 0. The van der Waals surface area contributed by atoms with Crippen LogP contribution in [0, 0.1) is 17.2 Å². The van der Waals surface area contributed by atoms with E-state index in [4.69, 9.17) is 16.9 Å². The van der Waals surface area contributed by atoms with Gasteiger partial charge < -0.3 is 0 Å². The number of carbonyl (C=O) groups is 1. The molecular weight excluding hydrogens is 296 g/mol. The minimum atomic E-state index is -0.827. The molecule has 2 aromatic carbocycles. The van der Waals surface area contributed by atoms with E-state index in [1.807, 2.05) is 42.5 Å². The van der Waals surface area contributed by atoms with Crippen molar-refractivity contribution in [2.75, 3.05) is 7.05 Å². The predicted octanol–water partition coefficient (Wildman–Crippen LogP) is 4.42. The van der Waals surface area contributed by atoms with Gasteiger partial charge in [-0.25, -0.2) is 0 Å². The number of ketones is 1. The molecule has 3 nitrogen and oxygen atoms in total. The van der Waals surface area contributed by atoms with E-state index in [-0.39, 0.29) is 5.78 Å². The molecule has 0 aliphatic heterocycles. The Hall–Kier alpha value is -2.44. The monoisotopic (exact) mass is 310 g/mol. The fraction of sp³-hybridized carbons (Fsp3) is 0.167. The van der Waals surface area contributed by atoms with Crippen molar-refractivity contribution in [2.24, 2.45) is 10.9 Å². The summed E-state index contributed by atoms with van der Waals surface area (Å²) in [5.74, 6) is -1.06. The fourth-order valence-corrected chi connectivity index (χ4v) is 2.23. The van der Waals surface area contributed by atoms with Crippen LogP contribution in [0.2, 0.25) is 5.02 Å². The standard InChI is InChI=1S/C18H15ClN2O/c1-12(21-2)17(11-20)18(22)15-5-3-13(4-6-15)14-7-9-16(19)10-8-14/h3-10,17H,1-2H3. The van der Waals surface area contributed by atoms with Crippen molar-refractivity contribution in [3.8, 4) is 17.2 Å². The number of halogens is 1. The van der Waals surface area contributed by atoms with Crippen LogP contribution in [-0.2, 0) is 0 Å². The van der Waals surface area contributed by atoms with Gasteiger partial charge in [-0.05, 0) is 30.2 Å². The topological polar surface area (TPSA) is 53.2 Å². The third-order valence-electron chi connectivity index (χ3n) is 3.51. The highest BCUT2D eigenvalue weighted by Crippen LogP contribution is 2.22. The van der Waals surface area contributed by atoms with Crippen molar-refractivity contribution in [2.45, 2.75) is 6.92 Å². The first-order valence-corrected chi connectivity index (χ1v) is 7.17. The fourth-order valence-electron chi connectivity index (χ4n) is 2.11. The molecule has 0 aromatic heterocycles. The first kappa shape index (κ1) is 15.9. The Labute approximate surface area is 134 Å². The van der Waals surface area contributed by atoms with Crippen LogP contribution in [0.5, 0.6) is 0 Å². The van der Waals surface area contributed by atoms with Gasteiger partial charge in [-0.1, -0.05) is 48.0 Å². The van der Waals surface area contributed by atoms with E-state index in [9.17, 15) is 4.79 Å². The maximum absolute atomic E-state index is 12.3. The lowest BCUT2D eigenvalue weighted by Crippen LogP contribution is -2.20. The van der Waals surface area contributed by atoms with Crippen LogP contribution >= 0.6 is 11.6 Å². The smallest absolute Gasteiger partial charge is 0.185 e. The van der Waals surface area contributed by atoms with Crippen LogP contribution in [0.15, 0.2) is 53.5 Å². The molecule has 0 fully saturated rings. The Balaban J connectivity index is 2.27. The van der Waals surface area contributed by atoms with E-state index in [0.717, 1.165) is 11.1 Å². The zero-order valence-electron chi connectivity index (χ0n) is 12.4. The minimum absolute atomic E-state index is 0.228. The normalized spacial score (nSPS) is 12.5. The highest BCUT2D eigenvalue weighted by Gasteiger charge is 2.22. The summed E-state index contributed by atoms with van der Waals surface area (Å²) in [6.07, 6.45) is 0. The second-order valence-electron chi connectivity index (χ2n) is 4.88. The van der Waals surface area contributed by atoms with Gasteiger partial charge in [-0.2, -0.15) is 5.26 Å². The van der Waals surface area contributed by atoms with E-state index in [1.54, 1.807) is 26.1 Å². The molecule has 0 amide bonds. The third kappa shape index (κ3) is 3.41. The van der Waals surface area contributed by atoms with Gasteiger partial charge in [0.1, 0.15) is 5.92 Å². The molecule has 2 aromatic rings. The molecule has 0 saturated carbocycles. The number of hydrogen-bond acceptors (Lipinski definition) is 3. The molecule has 0 spiro atoms. The van der Waals surface area contributed by atoms with E-state index >= 15 is 0 Å². The molecule has 4 heteroatoms. The molecule has 110 valence electrons. The Kier molecular flexibility index (Phi) is 5.08. The summed E-state index contributed by atoms with van der Waals surface area (Å²) in [5, 5.41) is 9.84. The lowest BCUT2D eigenvalue weighted by atomic mass is 9.93. The summed E-state index contributed by atoms with van der Waals surface area (Å²) in [6.45, 7) is 1.69. The Morgan fingerprint density at radius 1 is 1.09 bits per heavy atom. The van der Waals surface area contributed by atoms with Gasteiger partial charge in [0, 0.05) is 23.3 Å². The van der Waals surface area contributed by atoms with Crippen LogP contribution < -0.4 is 0 Å². The number of nitriles is 1. The van der Waals surface area contributed by atoms with Gasteiger partial charge in [-0.3, -0.25) is 9.79 Å². The van der Waals surface area contributed by atoms with Crippen LogP contribution in [0.25, 0.3) is 11.1 Å². The van der Waals surface area contributed by atoms with E-state index in [0.29, 0.717) is 16.3 Å². The lowest BCUT2D eigenvalue weighted by Gasteiger charge is -2.08. The number of aliphatic imine (C=N–C) groups is 1. The van der Waals surface area contributed by atoms with Crippen LogP contribution in [0.3, 0.4) is 0 Å². The lowest BCUT2D eigenvalue weighted by molar-refractivity contribution is 0.0975. The van der Waals surface area contributed by atoms with Crippen molar-refractivity contribution < 1.29 is 4.79 Å². The molecule has 0 aliphatic rings. The van der Waals surface area contributed by atoms with Gasteiger partial charge in [0.2, 0.25) is 0 Å². The zero-order valence-corrected chi connectivity index (χ0v) is 13.1. The number of benzene rings is 2. The molecule has 0 radical (unpaired) electrons. The van der Waals surface area contributed by atoms with Gasteiger partial charge in [0.25, 0.3) is 0 Å². The first-order valence-electron chi connectivity index (χ1n) is 6.80. The molecule has 2 rings (SSSR count). The van der Waals surface area contributed by atoms with E-state index in [2.05, 4.69) is 4.99 Å². The second-order valence-corrected chi connectivity index (χ2v) is 5.31. The Morgan fingerprint density at radius 3 is 2.05 bits per heavy atom. The number of nitrogens with zero attached hydrogens (tertiary/aromatic N) is 2. The summed E-state index contributed by atoms with van der Waals surface area (Å²) in [6, 6.07) is 16.7. The number of rotatable bonds is 4. The summed E-state index contributed by atoms with van der Waals surface area (Å²) in [5.41, 5.74) is 3.04. The van der Waals surface area contributed by atoms with Gasteiger partial charge >= 0.3 is 0 Å². The van der Waals surface area contributed by atoms with Gasteiger partial charge in [-0.15, -0.1) is 0 Å². The SMILES string of the molecule is CN=C(C)C(C#N)C(=O)c1ccc(-c2ccc(Cl)cc2)cc1. The van der Waals surface area contributed by atoms with E-state index < -0.39 is 5.92 Å². The van der Waals surface area contributed by atoms with Crippen molar-refractivity contribution >= 4 is 23.1 Å². The van der Waals surface area contributed by atoms with Crippen LogP contribution in [0.1, 0.15) is 17.3 Å². The molecule has 0 bridgehead atoms. The highest BCUT2D eigenvalue weighted by atomic mass is 35.5. The summed E-state index contributed by atoms with van der Waals surface area (Å²) < 4.78 is 0. The van der Waals surface area contributed by atoms with Crippen molar-refractivity contribution in [1.29, 1.82) is 5.26 Å². The summed E-state index contributed by atoms with van der Waals surface area (Å²) in [7, 11) is 1.58. The first-order chi connectivity index (χ1) is 10.6. The van der Waals surface area contributed by atoms with Gasteiger partial charge in [0.15, 0.2) is 5.78 Å². The number of Topliss-reactive ketones (excluding diaryl/α,β-unsaturated/α-hetero) is 1. The Morgan fingerprint density at radius 2 is 1.59 bits per heavy atom. The molecule has 1 unspecified atom stereocenters. The average molecular weight is 311 g/mol. The minimum Gasteiger partial charge on any atom is -0.296 e. The molecule has 0 aliphatic carbocycles. The summed E-state index contributed by atoms with van der Waals surface area (Å²) in [4.78, 5) is 16.3. The second kappa shape index (κ2) is 7.02. The predicted molar refractivity (Wildman–Crippen MR) is 89.4 cm³/mol. The summed E-state index contributed by atoms with van der Waals surface area (Å²) >= 11 is 5.87. The maximum Gasteiger partial charge on any atom is 0.185 e. The molecular formula is C18H15ClN2O. The van der Waals surface area contributed by atoms with E-state index in [1.165, 1.54) is 0 Å². The Bertz CT molecular complexity index is 740. The molecule has 1 atom stereocenters. The largest absolute Gasteiger partial charge is 0.296 e. The maximum atomic E-state index is 12.3. The molecule has 0 saturated heterocycles. The zero-order chi connectivity index (χ0) is 16.1. The number of carbonyl (C=O) groups excluding carboxylic acids is 1. The highest BCUT2D eigenvalue weighted by molar-refractivity contribution is 6.30.